The molecule has 4 heteroatoms. The van der Waals surface area contributed by atoms with Crippen molar-refractivity contribution in [1.29, 1.82) is 0 Å². The van der Waals surface area contributed by atoms with E-state index in [9.17, 15) is 0 Å². The van der Waals surface area contributed by atoms with Crippen LogP contribution in [0.2, 0.25) is 31.9 Å². The fourth-order valence-corrected chi connectivity index (χ4v) is 19.3. The van der Waals surface area contributed by atoms with E-state index < -0.39 is 16.1 Å². The number of hydrogen-bond acceptors (Lipinski definition) is 2. The molecular formula is C17H28O2Si2. The van der Waals surface area contributed by atoms with Gasteiger partial charge < -0.3 is 9.47 Å². The van der Waals surface area contributed by atoms with E-state index in [0.29, 0.717) is 6.61 Å². The molecule has 21 heavy (non-hydrogen) atoms. The van der Waals surface area contributed by atoms with Crippen LogP contribution in [0.1, 0.15) is 24.8 Å². The third-order valence-corrected chi connectivity index (χ3v) is 16.1. The SMILES string of the molecule is C[Si]1(C)C[Si](C)(C)c2cc(COC3CCCCO3)ccc21. The van der Waals surface area contributed by atoms with Crippen LogP contribution in [0.3, 0.4) is 0 Å². The number of ether oxygens (including phenoxy) is 2. The monoisotopic (exact) mass is 320 g/mol. The van der Waals surface area contributed by atoms with E-state index in [0.717, 1.165) is 13.0 Å². The quantitative estimate of drug-likeness (QED) is 0.797. The summed E-state index contributed by atoms with van der Waals surface area (Å²) in [6.45, 7) is 11.7. The smallest absolute Gasteiger partial charge is 0.158 e. The van der Waals surface area contributed by atoms with Crippen molar-refractivity contribution < 1.29 is 9.47 Å². The molecule has 3 rings (SSSR count). The number of fused-ring (bicyclic) bond motifs is 1. The first-order valence-corrected chi connectivity index (χ1v) is 14.7. The molecule has 0 N–H and O–H groups in total. The van der Waals surface area contributed by atoms with Crippen LogP contribution < -0.4 is 10.4 Å². The van der Waals surface area contributed by atoms with Crippen molar-refractivity contribution in [3.63, 3.8) is 0 Å². The molecule has 2 aliphatic rings. The Morgan fingerprint density at radius 3 is 2.57 bits per heavy atom. The average Bonchev–Trinajstić information content (AvgIpc) is 2.63. The Kier molecular flexibility index (Phi) is 4.16. The third-order valence-electron chi connectivity index (χ3n) is 5.00. The van der Waals surface area contributed by atoms with Crippen molar-refractivity contribution in [2.24, 2.45) is 0 Å². The molecule has 1 saturated heterocycles. The summed E-state index contributed by atoms with van der Waals surface area (Å²) >= 11 is 0. The standard InChI is InChI=1S/C17H28O2Si2/c1-20(2)13-21(3,4)16-11-14(8-9-15(16)20)12-19-17-7-5-6-10-18-17/h8-9,11,17H,5-7,10,12-13H2,1-4H3. The van der Waals surface area contributed by atoms with Crippen molar-refractivity contribution in [2.75, 3.05) is 6.61 Å². The molecule has 1 aromatic rings. The molecule has 0 radical (unpaired) electrons. The maximum absolute atomic E-state index is 5.95. The Balaban J connectivity index is 1.74. The highest BCUT2D eigenvalue weighted by atomic mass is 28.4. The molecule has 1 atom stereocenters. The normalized spacial score (nSPS) is 26.6. The summed E-state index contributed by atoms with van der Waals surface area (Å²) in [5.74, 6) is 0. The number of benzene rings is 1. The van der Waals surface area contributed by atoms with Crippen molar-refractivity contribution in [3.05, 3.63) is 23.8 Å². The molecule has 1 fully saturated rings. The summed E-state index contributed by atoms with van der Waals surface area (Å²) in [4.78, 5) is 0. The van der Waals surface area contributed by atoms with E-state index in [2.05, 4.69) is 44.4 Å². The maximum atomic E-state index is 5.95. The van der Waals surface area contributed by atoms with Gasteiger partial charge in [-0.15, -0.1) is 0 Å². The predicted octanol–water partition coefficient (Wildman–Crippen LogP) is 3.11. The van der Waals surface area contributed by atoms with E-state index in [1.807, 2.05) is 0 Å². The first-order chi connectivity index (χ1) is 9.88. The van der Waals surface area contributed by atoms with Crippen LogP contribution in [-0.2, 0) is 16.1 Å². The zero-order valence-corrected chi connectivity index (χ0v) is 15.9. The maximum Gasteiger partial charge on any atom is 0.158 e. The lowest BCUT2D eigenvalue weighted by Gasteiger charge is -2.23. The topological polar surface area (TPSA) is 18.5 Å². The molecule has 116 valence electrons. The third kappa shape index (κ3) is 3.18. The highest BCUT2D eigenvalue weighted by Gasteiger charge is 2.44. The minimum atomic E-state index is -1.22. The van der Waals surface area contributed by atoms with Gasteiger partial charge in [0.25, 0.3) is 0 Å². The zero-order chi connectivity index (χ0) is 15.1. The van der Waals surface area contributed by atoms with Gasteiger partial charge in [0.1, 0.15) is 0 Å². The molecule has 0 aromatic heterocycles. The molecule has 0 saturated carbocycles. The van der Waals surface area contributed by atoms with Gasteiger partial charge in [-0.1, -0.05) is 60.4 Å². The van der Waals surface area contributed by atoms with E-state index >= 15 is 0 Å². The predicted molar refractivity (Wildman–Crippen MR) is 93.9 cm³/mol. The largest absolute Gasteiger partial charge is 0.353 e. The summed E-state index contributed by atoms with van der Waals surface area (Å²) < 4.78 is 11.6. The Labute approximate surface area is 130 Å². The molecular weight excluding hydrogens is 292 g/mol. The molecule has 2 nitrogen and oxygen atoms in total. The van der Waals surface area contributed by atoms with Crippen molar-refractivity contribution >= 4 is 26.5 Å². The van der Waals surface area contributed by atoms with Crippen LogP contribution in [0.25, 0.3) is 0 Å². The summed E-state index contributed by atoms with van der Waals surface area (Å²) in [7, 11) is -2.40. The van der Waals surface area contributed by atoms with Crippen LogP contribution in [0.4, 0.5) is 0 Å². The van der Waals surface area contributed by atoms with Crippen LogP contribution >= 0.6 is 0 Å². The van der Waals surface area contributed by atoms with Crippen molar-refractivity contribution in [3.8, 4) is 0 Å². The van der Waals surface area contributed by atoms with Gasteiger partial charge in [0.05, 0.1) is 22.8 Å². The second-order valence-electron chi connectivity index (χ2n) is 7.93. The van der Waals surface area contributed by atoms with Gasteiger partial charge in [-0.05, 0) is 24.8 Å². The van der Waals surface area contributed by atoms with Crippen LogP contribution in [0, 0.1) is 0 Å². The lowest BCUT2D eigenvalue weighted by Crippen LogP contribution is -2.44. The fourth-order valence-electron chi connectivity index (χ4n) is 4.16. The van der Waals surface area contributed by atoms with Gasteiger partial charge in [-0.3, -0.25) is 0 Å². The lowest BCUT2D eigenvalue weighted by atomic mass is 10.2. The Bertz CT molecular complexity index is 520. The zero-order valence-electron chi connectivity index (χ0n) is 13.9. The van der Waals surface area contributed by atoms with Gasteiger partial charge in [-0.2, -0.15) is 0 Å². The first-order valence-electron chi connectivity index (χ1n) is 8.26. The molecule has 0 bridgehead atoms. The summed E-state index contributed by atoms with van der Waals surface area (Å²) in [5, 5.41) is 3.40. The first kappa shape index (κ1) is 15.5. The van der Waals surface area contributed by atoms with Crippen LogP contribution in [0.15, 0.2) is 18.2 Å². The Hall–Kier alpha value is -0.426. The van der Waals surface area contributed by atoms with E-state index in [1.165, 1.54) is 24.1 Å². The van der Waals surface area contributed by atoms with Crippen molar-refractivity contribution in [1.82, 2.24) is 0 Å². The molecule has 2 heterocycles. The Morgan fingerprint density at radius 2 is 1.86 bits per heavy atom. The van der Waals surface area contributed by atoms with Gasteiger partial charge in [0.15, 0.2) is 6.29 Å². The van der Waals surface area contributed by atoms with Gasteiger partial charge in [-0.25, -0.2) is 0 Å². The number of hydrogen-bond donors (Lipinski definition) is 0. The fraction of sp³-hybridized carbons (Fsp3) is 0.647. The summed E-state index contributed by atoms with van der Waals surface area (Å²) in [6.07, 6.45) is 3.47. The highest BCUT2D eigenvalue weighted by Crippen LogP contribution is 2.26. The molecule has 0 amide bonds. The summed E-state index contributed by atoms with van der Waals surface area (Å²) in [5.41, 5.74) is 2.82. The highest BCUT2D eigenvalue weighted by molar-refractivity contribution is 7.14. The lowest BCUT2D eigenvalue weighted by molar-refractivity contribution is -0.168. The van der Waals surface area contributed by atoms with Crippen LogP contribution in [-0.4, -0.2) is 29.0 Å². The molecule has 1 unspecified atom stereocenters. The van der Waals surface area contributed by atoms with E-state index in [1.54, 1.807) is 10.4 Å². The van der Waals surface area contributed by atoms with Gasteiger partial charge >= 0.3 is 0 Å². The summed E-state index contributed by atoms with van der Waals surface area (Å²) in [6, 6.07) is 7.14. The average molecular weight is 321 g/mol. The molecule has 0 spiro atoms. The second kappa shape index (κ2) is 5.65. The molecule has 0 aliphatic carbocycles. The van der Waals surface area contributed by atoms with Crippen molar-refractivity contribution in [2.45, 2.75) is 64.0 Å². The minimum absolute atomic E-state index is 0.0167. The molecule has 1 aromatic carbocycles. The number of rotatable bonds is 3. The van der Waals surface area contributed by atoms with E-state index in [-0.39, 0.29) is 6.29 Å². The van der Waals surface area contributed by atoms with Gasteiger partial charge in [0.2, 0.25) is 0 Å². The second-order valence-corrected chi connectivity index (χ2v) is 18.0. The van der Waals surface area contributed by atoms with E-state index in [4.69, 9.17) is 9.47 Å². The van der Waals surface area contributed by atoms with Crippen LogP contribution in [0.5, 0.6) is 0 Å². The van der Waals surface area contributed by atoms with Gasteiger partial charge in [0, 0.05) is 6.61 Å². The Morgan fingerprint density at radius 1 is 1.10 bits per heavy atom. The minimum Gasteiger partial charge on any atom is -0.353 e. The molecule has 2 aliphatic heterocycles.